The van der Waals surface area contributed by atoms with Crippen LogP contribution in [0.15, 0.2) is 69.8 Å². The molecule has 0 saturated carbocycles. The van der Waals surface area contributed by atoms with E-state index in [1.54, 1.807) is 24.3 Å². The van der Waals surface area contributed by atoms with Gasteiger partial charge in [-0.2, -0.15) is 0 Å². The molecule has 1 heterocycles. The van der Waals surface area contributed by atoms with Crippen molar-refractivity contribution in [1.29, 1.82) is 0 Å². The van der Waals surface area contributed by atoms with Crippen LogP contribution >= 0.6 is 15.9 Å². The molecule has 0 N–H and O–H groups in total. The number of carbonyl (C=O) groups excluding carboxylic acids is 1. The van der Waals surface area contributed by atoms with E-state index in [0.29, 0.717) is 10.0 Å². The highest BCUT2D eigenvalue weighted by molar-refractivity contribution is 9.10. The molecule has 124 valence electrons. The molecule has 0 aliphatic carbocycles. The Labute approximate surface area is 151 Å². The zero-order valence-electron chi connectivity index (χ0n) is 12.8. The zero-order valence-corrected chi connectivity index (χ0v) is 14.3. The second kappa shape index (κ2) is 7.23. The highest BCUT2D eigenvalue weighted by atomic mass is 79.9. The number of hydrogen-bond acceptors (Lipinski definition) is 5. The van der Waals surface area contributed by atoms with E-state index in [0.717, 1.165) is 5.56 Å². The van der Waals surface area contributed by atoms with E-state index in [4.69, 9.17) is 4.74 Å². The van der Waals surface area contributed by atoms with Crippen LogP contribution in [0.25, 0.3) is 12.2 Å². The Morgan fingerprint density at radius 2 is 1.84 bits per heavy atom. The molecule has 3 rings (SSSR count). The number of hydrogen-bond donors (Lipinski definition) is 0. The van der Waals surface area contributed by atoms with Crippen LogP contribution in [0.1, 0.15) is 11.1 Å². The van der Waals surface area contributed by atoms with Crippen LogP contribution in [0.2, 0.25) is 0 Å². The number of cyclic esters (lactones) is 1. The molecule has 0 radical (unpaired) electrons. The molecule has 2 aromatic rings. The molecule has 1 aliphatic heterocycles. The van der Waals surface area contributed by atoms with E-state index >= 15 is 0 Å². The van der Waals surface area contributed by atoms with Gasteiger partial charge < -0.3 is 4.74 Å². The minimum atomic E-state index is -0.599. The number of carbonyl (C=O) groups is 1. The molecule has 0 fully saturated rings. The topological polar surface area (TPSA) is 81.8 Å². The Morgan fingerprint density at radius 1 is 1.08 bits per heavy atom. The van der Waals surface area contributed by atoms with Crippen molar-refractivity contribution in [2.75, 3.05) is 0 Å². The number of halogens is 1. The Bertz CT molecular complexity index is 933. The average molecular weight is 399 g/mol. The van der Waals surface area contributed by atoms with Gasteiger partial charge in [-0.15, -0.1) is 0 Å². The number of esters is 1. The maximum absolute atomic E-state index is 11.9. The van der Waals surface area contributed by atoms with Gasteiger partial charge in [0.1, 0.15) is 0 Å². The van der Waals surface area contributed by atoms with Gasteiger partial charge >= 0.3 is 5.97 Å². The van der Waals surface area contributed by atoms with Crippen molar-refractivity contribution in [1.82, 2.24) is 0 Å². The standard InChI is InChI=1S/C18H11BrN2O4/c19-14-8-6-13(11-16(14)21(23)24)10-15-18(22)25-17(20-15)9-7-12-4-2-1-3-5-12/h1-11H/b9-7+,15-10+. The van der Waals surface area contributed by atoms with Gasteiger partial charge in [-0.3, -0.25) is 10.1 Å². The molecular weight excluding hydrogens is 388 g/mol. The smallest absolute Gasteiger partial charge is 0.363 e. The number of ether oxygens (including phenoxy) is 1. The summed E-state index contributed by atoms with van der Waals surface area (Å²) in [4.78, 5) is 26.5. The third-order valence-electron chi connectivity index (χ3n) is 3.33. The molecule has 2 aromatic carbocycles. The van der Waals surface area contributed by atoms with Gasteiger partial charge in [0.25, 0.3) is 5.69 Å². The lowest BCUT2D eigenvalue weighted by molar-refractivity contribution is -0.385. The van der Waals surface area contributed by atoms with Gasteiger partial charge in [-0.1, -0.05) is 36.4 Å². The maximum atomic E-state index is 11.9. The predicted octanol–water partition coefficient (Wildman–Crippen LogP) is 4.37. The van der Waals surface area contributed by atoms with Crippen molar-refractivity contribution < 1.29 is 14.5 Å². The van der Waals surface area contributed by atoms with E-state index in [-0.39, 0.29) is 17.3 Å². The number of rotatable bonds is 4. The Kier molecular flexibility index (Phi) is 4.85. The molecule has 0 spiro atoms. The highest BCUT2D eigenvalue weighted by Crippen LogP contribution is 2.27. The summed E-state index contributed by atoms with van der Waals surface area (Å²) in [5.74, 6) is -0.426. The molecule has 0 aromatic heterocycles. The summed E-state index contributed by atoms with van der Waals surface area (Å²) in [6.45, 7) is 0. The van der Waals surface area contributed by atoms with Crippen LogP contribution in [0.5, 0.6) is 0 Å². The van der Waals surface area contributed by atoms with E-state index in [1.165, 1.54) is 12.1 Å². The first-order valence-corrected chi connectivity index (χ1v) is 8.02. The van der Waals surface area contributed by atoms with Gasteiger partial charge in [0.05, 0.1) is 9.40 Å². The molecule has 0 amide bonds. The van der Waals surface area contributed by atoms with Crippen molar-refractivity contribution in [3.8, 4) is 0 Å². The summed E-state index contributed by atoms with van der Waals surface area (Å²) in [5, 5.41) is 11.0. The summed E-state index contributed by atoms with van der Waals surface area (Å²) in [6.07, 6.45) is 4.82. The third-order valence-corrected chi connectivity index (χ3v) is 4.00. The van der Waals surface area contributed by atoms with Gasteiger partial charge in [-0.05, 0) is 45.3 Å². The van der Waals surface area contributed by atoms with E-state index in [2.05, 4.69) is 20.9 Å². The summed E-state index contributed by atoms with van der Waals surface area (Å²) in [7, 11) is 0. The minimum absolute atomic E-state index is 0.0873. The second-order valence-electron chi connectivity index (χ2n) is 5.08. The van der Waals surface area contributed by atoms with Gasteiger partial charge in [0, 0.05) is 12.1 Å². The highest BCUT2D eigenvalue weighted by Gasteiger charge is 2.21. The van der Waals surface area contributed by atoms with E-state index < -0.39 is 10.9 Å². The van der Waals surface area contributed by atoms with Crippen molar-refractivity contribution in [3.63, 3.8) is 0 Å². The summed E-state index contributed by atoms with van der Waals surface area (Å²) in [6, 6.07) is 14.1. The Balaban J connectivity index is 1.85. The number of nitro groups is 1. The maximum Gasteiger partial charge on any atom is 0.363 e. The van der Waals surface area contributed by atoms with Gasteiger partial charge in [0.15, 0.2) is 5.70 Å². The molecule has 6 nitrogen and oxygen atoms in total. The lowest BCUT2D eigenvalue weighted by Gasteiger charge is -1.97. The minimum Gasteiger partial charge on any atom is -0.403 e. The van der Waals surface area contributed by atoms with Crippen molar-refractivity contribution >= 4 is 45.6 Å². The quantitative estimate of drug-likeness (QED) is 0.331. The van der Waals surface area contributed by atoms with Crippen LogP contribution in [-0.2, 0) is 9.53 Å². The predicted molar refractivity (Wildman–Crippen MR) is 97.8 cm³/mol. The fourth-order valence-corrected chi connectivity index (χ4v) is 2.54. The first kappa shape index (κ1) is 16.8. The van der Waals surface area contributed by atoms with Crippen LogP contribution in [-0.4, -0.2) is 16.8 Å². The number of nitrogens with zero attached hydrogens (tertiary/aromatic N) is 2. The molecule has 25 heavy (non-hydrogen) atoms. The zero-order chi connectivity index (χ0) is 17.8. The summed E-state index contributed by atoms with van der Waals surface area (Å²) in [5.41, 5.74) is 1.43. The fraction of sp³-hybridized carbons (Fsp3) is 0. The van der Waals surface area contributed by atoms with Gasteiger partial charge in [0.2, 0.25) is 5.90 Å². The van der Waals surface area contributed by atoms with Crippen molar-refractivity contribution in [2.24, 2.45) is 4.99 Å². The fourth-order valence-electron chi connectivity index (χ4n) is 2.15. The summed E-state index contributed by atoms with van der Waals surface area (Å²) >= 11 is 3.12. The number of benzene rings is 2. The lowest BCUT2D eigenvalue weighted by Crippen LogP contribution is -2.01. The van der Waals surface area contributed by atoms with E-state index in [9.17, 15) is 14.9 Å². The number of nitro benzene ring substituents is 1. The normalized spacial score (nSPS) is 15.5. The molecular formula is C18H11BrN2O4. The lowest BCUT2D eigenvalue weighted by atomic mass is 10.1. The van der Waals surface area contributed by atoms with Crippen LogP contribution in [0, 0.1) is 10.1 Å². The first-order valence-electron chi connectivity index (χ1n) is 7.22. The van der Waals surface area contributed by atoms with E-state index in [1.807, 2.05) is 30.3 Å². The Morgan fingerprint density at radius 3 is 2.56 bits per heavy atom. The van der Waals surface area contributed by atoms with Crippen molar-refractivity contribution in [2.45, 2.75) is 0 Å². The SMILES string of the molecule is O=C1OC(/C=C/c2ccccc2)=NC/1=C/c1ccc(Br)c([N+](=O)[O-])c1. The van der Waals surface area contributed by atoms with Crippen molar-refractivity contribution in [3.05, 3.63) is 86.0 Å². The average Bonchev–Trinajstić information content (AvgIpc) is 2.95. The van der Waals surface area contributed by atoms with Gasteiger partial charge in [-0.25, -0.2) is 9.79 Å². The van der Waals surface area contributed by atoms with Crippen LogP contribution < -0.4 is 0 Å². The third kappa shape index (κ3) is 4.07. The van der Waals surface area contributed by atoms with Crippen LogP contribution in [0.3, 0.4) is 0 Å². The largest absolute Gasteiger partial charge is 0.403 e. The molecule has 0 atom stereocenters. The van der Waals surface area contributed by atoms with Crippen LogP contribution in [0.4, 0.5) is 5.69 Å². The molecule has 7 heteroatoms. The molecule has 1 aliphatic rings. The molecule has 0 unspecified atom stereocenters. The molecule has 0 bridgehead atoms. The second-order valence-corrected chi connectivity index (χ2v) is 5.94. The summed E-state index contributed by atoms with van der Waals surface area (Å²) < 4.78 is 5.45. The Hall–Kier alpha value is -3.06. The number of aliphatic imine (C=N–C) groups is 1. The molecule has 0 saturated heterocycles. The first-order chi connectivity index (χ1) is 12.0. The monoisotopic (exact) mass is 398 g/mol.